The van der Waals surface area contributed by atoms with E-state index < -0.39 is 0 Å². The minimum absolute atomic E-state index is 0.711. The lowest BCUT2D eigenvalue weighted by Gasteiger charge is -2.34. The summed E-state index contributed by atoms with van der Waals surface area (Å²) in [7, 11) is 2.00. The third-order valence-electron chi connectivity index (χ3n) is 3.16. The highest BCUT2D eigenvalue weighted by molar-refractivity contribution is 5.48. The number of hydrogen-bond donors (Lipinski definition) is 1. The van der Waals surface area contributed by atoms with Crippen molar-refractivity contribution < 1.29 is 4.79 Å². The van der Waals surface area contributed by atoms with Gasteiger partial charge in [-0.25, -0.2) is 0 Å². The van der Waals surface area contributed by atoms with Gasteiger partial charge in [0.05, 0.1) is 0 Å². The van der Waals surface area contributed by atoms with E-state index in [1.54, 1.807) is 0 Å². The summed E-state index contributed by atoms with van der Waals surface area (Å²) in [6, 6.07) is 0. The van der Waals surface area contributed by atoms with Crippen LogP contribution in [0, 0.1) is 0 Å². The lowest BCUT2D eigenvalue weighted by atomic mass is 10.2. The number of carbonyl (C=O) groups is 1. The van der Waals surface area contributed by atoms with Gasteiger partial charge in [0.15, 0.2) is 0 Å². The van der Waals surface area contributed by atoms with Crippen LogP contribution in [0.4, 0.5) is 0 Å². The zero-order valence-electron chi connectivity index (χ0n) is 10.5. The molecule has 0 unspecified atom stereocenters. The van der Waals surface area contributed by atoms with Crippen LogP contribution < -0.4 is 5.32 Å². The molecule has 1 aliphatic rings. The van der Waals surface area contributed by atoms with Crippen LogP contribution in [-0.4, -0.2) is 68.9 Å². The van der Waals surface area contributed by atoms with Crippen LogP contribution in [0.5, 0.6) is 0 Å². The van der Waals surface area contributed by atoms with Gasteiger partial charge in [-0.05, 0) is 39.5 Å². The van der Waals surface area contributed by atoms with E-state index in [0.29, 0.717) is 6.42 Å². The highest BCUT2D eigenvalue weighted by Gasteiger charge is 2.15. The van der Waals surface area contributed by atoms with Gasteiger partial charge in [-0.15, -0.1) is 0 Å². The smallest absolute Gasteiger partial charge is 0.120 e. The first-order valence-electron chi connectivity index (χ1n) is 6.39. The summed E-state index contributed by atoms with van der Waals surface area (Å²) in [5, 5.41) is 3.18. The minimum Gasteiger partial charge on any atom is -0.320 e. The van der Waals surface area contributed by atoms with Crippen LogP contribution in [0.25, 0.3) is 0 Å². The van der Waals surface area contributed by atoms with Crippen molar-refractivity contribution in [1.29, 1.82) is 0 Å². The molecule has 4 nitrogen and oxygen atoms in total. The first-order chi connectivity index (χ1) is 7.86. The van der Waals surface area contributed by atoms with Gasteiger partial charge >= 0.3 is 0 Å². The Morgan fingerprint density at radius 2 is 1.62 bits per heavy atom. The number of carbonyl (C=O) groups excluding carboxylic acids is 1. The Balaban J connectivity index is 2.02. The Labute approximate surface area is 99.0 Å². The molecule has 0 bridgehead atoms. The third-order valence-corrected chi connectivity index (χ3v) is 3.16. The van der Waals surface area contributed by atoms with E-state index in [1.165, 1.54) is 39.1 Å². The molecule has 0 spiro atoms. The fraction of sp³-hybridized carbons (Fsp3) is 0.917. The summed E-state index contributed by atoms with van der Waals surface area (Å²) >= 11 is 0. The van der Waals surface area contributed by atoms with E-state index in [9.17, 15) is 4.79 Å². The molecule has 0 amide bonds. The number of hydrogen-bond acceptors (Lipinski definition) is 4. The van der Waals surface area contributed by atoms with Crippen LogP contribution in [0.2, 0.25) is 0 Å². The molecule has 1 fully saturated rings. The SMILES string of the molecule is CNCCCN1CCN(CCCC=O)CC1. The van der Waals surface area contributed by atoms with E-state index in [4.69, 9.17) is 0 Å². The first-order valence-corrected chi connectivity index (χ1v) is 6.39. The van der Waals surface area contributed by atoms with Crippen molar-refractivity contribution in [2.75, 3.05) is 52.9 Å². The summed E-state index contributed by atoms with van der Waals surface area (Å²) in [4.78, 5) is 15.2. The molecule has 1 saturated heterocycles. The first kappa shape index (κ1) is 13.6. The van der Waals surface area contributed by atoms with E-state index >= 15 is 0 Å². The predicted molar refractivity (Wildman–Crippen MR) is 66.7 cm³/mol. The molecule has 0 aromatic rings. The molecule has 16 heavy (non-hydrogen) atoms. The van der Waals surface area contributed by atoms with Gasteiger partial charge in [-0.3, -0.25) is 0 Å². The number of unbranched alkanes of at least 4 members (excludes halogenated alkanes) is 1. The van der Waals surface area contributed by atoms with Gasteiger partial charge in [0.1, 0.15) is 6.29 Å². The van der Waals surface area contributed by atoms with Gasteiger partial charge in [-0.1, -0.05) is 0 Å². The molecular formula is C12H25N3O. The average Bonchev–Trinajstić information content (AvgIpc) is 2.32. The quantitative estimate of drug-likeness (QED) is 0.474. The van der Waals surface area contributed by atoms with E-state index in [2.05, 4.69) is 15.1 Å². The Kier molecular flexibility index (Phi) is 7.38. The Morgan fingerprint density at radius 1 is 1.06 bits per heavy atom. The highest BCUT2D eigenvalue weighted by Crippen LogP contribution is 2.03. The Bertz CT molecular complexity index is 179. The number of nitrogens with zero attached hydrogens (tertiary/aromatic N) is 2. The largest absolute Gasteiger partial charge is 0.320 e. The lowest BCUT2D eigenvalue weighted by Crippen LogP contribution is -2.47. The summed E-state index contributed by atoms with van der Waals surface area (Å²) in [6.45, 7) is 8.11. The molecule has 0 atom stereocenters. The fourth-order valence-corrected chi connectivity index (χ4v) is 2.11. The molecule has 0 radical (unpaired) electrons. The average molecular weight is 227 g/mol. The normalized spacial score (nSPS) is 18.8. The van der Waals surface area contributed by atoms with E-state index in [0.717, 1.165) is 25.8 Å². The van der Waals surface area contributed by atoms with Crippen molar-refractivity contribution in [3.8, 4) is 0 Å². The van der Waals surface area contributed by atoms with Crippen molar-refractivity contribution in [3.05, 3.63) is 0 Å². The van der Waals surface area contributed by atoms with Crippen molar-refractivity contribution in [2.24, 2.45) is 0 Å². The number of piperazine rings is 1. The van der Waals surface area contributed by atoms with Crippen LogP contribution in [-0.2, 0) is 4.79 Å². The van der Waals surface area contributed by atoms with Crippen LogP contribution in [0.1, 0.15) is 19.3 Å². The van der Waals surface area contributed by atoms with Gasteiger partial charge in [-0.2, -0.15) is 0 Å². The third kappa shape index (κ3) is 5.58. The van der Waals surface area contributed by atoms with E-state index in [-0.39, 0.29) is 0 Å². The molecule has 4 heteroatoms. The van der Waals surface area contributed by atoms with Crippen molar-refractivity contribution in [3.63, 3.8) is 0 Å². The fourth-order valence-electron chi connectivity index (χ4n) is 2.11. The maximum atomic E-state index is 10.2. The standard InChI is InChI=1S/C12H25N3O/c1-13-5-4-7-15-10-8-14(9-11-15)6-2-3-12-16/h12-13H,2-11H2,1H3. The van der Waals surface area contributed by atoms with Crippen LogP contribution in [0.15, 0.2) is 0 Å². The highest BCUT2D eigenvalue weighted by atomic mass is 16.1. The van der Waals surface area contributed by atoms with Crippen molar-refractivity contribution in [1.82, 2.24) is 15.1 Å². The molecule has 0 aromatic carbocycles. The van der Waals surface area contributed by atoms with Gasteiger partial charge in [0.2, 0.25) is 0 Å². The van der Waals surface area contributed by atoms with Crippen molar-refractivity contribution in [2.45, 2.75) is 19.3 Å². The zero-order chi connectivity index (χ0) is 11.6. The molecule has 0 saturated carbocycles. The van der Waals surface area contributed by atoms with Gasteiger partial charge < -0.3 is 19.9 Å². The molecule has 1 aliphatic heterocycles. The molecule has 94 valence electrons. The molecule has 0 aromatic heterocycles. The van der Waals surface area contributed by atoms with Crippen LogP contribution in [0.3, 0.4) is 0 Å². The number of aldehydes is 1. The maximum Gasteiger partial charge on any atom is 0.120 e. The molecule has 1 N–H and O–H groups in total. The molecule has 0 aliphatic carbocycles. The van der Waals surface area contributed by atoms with Gasteiger partial charge in [0, 0.05) is 32.6 Å². The van der Waals surface area contributed by atoms with Gasteiger partial charge in [0.25, 0.3) is 0 Å². The second kappa shape index (κ2) is 8.67. The summed E-state index contributed by atoms with van der Waals surface area (Å²) in [5.74, 6) is 0. The number of rotatable bonds is 8. The predicted octanol–water partition coefficient (Wildman–Crippen LogP) is 0.193. The molecule has 1 rings (SSSR count). The minimum atomic E-state index is 0.711. The topological polar surface area (TPSA) is 35.6 Å². The summed E-state index contributed by atoms with van der Waals surface area (Å²) in [6.07, 6.45) is 3.99. The van der Waals surface area contributed by atoms with Crippen molar-refractivity contribution >= 4 is 6.29 Å². The molecular weight excluding hydrogens is 202 g/mol. The Morgan fingerprint density at radius 3 is 2.12 bits per heavy atom. The summed E-state index contributed by atoms with van der Waals surface area (Å²) < 4.78 is 0. The monoisotopic (exact) mass is 227 g/mol. The second-order valence-corrected chi connectivity index (χ2v) is 4.45. The number of nitrogens with one attached hydrogen (secondary N) is 1. The van der Waals surface area contributed by atoms with Crippen LogP contribution >= 0.6 is 0 Å². The second-order valence-electron chi connectivity index (χ2n) is 4.45. The zero-order valence-corrected chi connectivity index (χ0v) is 10.5. The summed E-state index contributed by atoms with van der Waals surface area (Å²) in [5.41, 5.74) is 0. The Hall–Kier alpha value is -0.450. The molecule has 1 heterocycles. The van der Waals surface area contributed by atoms with E-state index in [1.807, 2.05) is 7.05 Å². The lowest BCUT2D eigenvalue weighted by molar-refractivity contribution is -0.108. The maximum absolute atomic E-state index is 10.2.